The zero-order valence-corrected chi connectivity index (χ0v) is 24.7. The highest BCUT2D eigenvalue weighted by atomic mass is 19.1. The lowest BCUT2D eigenvalue weighted by Gasteiger charge is -2.40. The zero-order chi connectivity index (χ0) is 30.1. The number of hydrogen-bond donors (Lipinski definition) is 3. The number of nitrogens with one attached hydrogen (secondary N) is 2. The standard InChI is InChI=1S/C32H39FN8O2/c1-20-26(37-32(43)23-9-7-22(8-10-23)21-5-6-21)4-3-13-41(20)28-19-35-29(30(34)42)31(38-28)36-24-11-12-27(25(33)18-24)40-16-14-39(2)15-17-40/h7-12,18-21,26H,3-6,13-17H2,1-2H3,(H2,34,42)(H,36,38)(H,37,43)/t20-,26-/m1/s1. The molecule has 43 heavy (non-hydrogen) atoms. The van der Waals surface area contributed by atoms with Crippen LogP contribution in [0.3, 0.4) is 0 Å². The molecule has 2 saturated heterocycles. The van der Waals surface area contributed by atoms with Gasteiger partial charge in [0.1, 0.15) is 11.6 Å². The van der Waals surface area contributed by atoms with Crippen molar-refractivity contribution in [2.24, 2.45) is 5.73 Å². The summed E-state index contributed by atoms with van der Waals surface area (Å²) in [6.45, 7) is 6.00. The fourth-order valence-electron chi connectivity index (χ4n) is 6.05. The summed E-state index contributed by atoms with van der Waals surface area (Å²) in [4.78, 5) is 40.7. The van der Waals surface area contributed by atoms with Crippen LogP contribution >= 0.6 is 0 Å². The first-order valence-corrected chi connectivity index (χ1v) is 15.1. The van der Waals surface area contributed by atoms with Gasteiger partial charge in [-0.3, -0.25) is 9.59 Å². The van der Waals surface area contributed by atoms with Crippen molar-refractivity contribution >= 4 is 34.8 Å². The molecule has 6 rings (SSSR count). The van der Waals surface area contributed by atoms with E-state index in [-0.39, 0.29) is 35.3 Å². The second-order valence-electron chi connectivity index (χ2n) is 11.9. The highest BCUT2D eigenvalue weighted by molar-refractivity contribution is 5.96. The predicted octanol–water partition coefficient (Wildman–Crippen LogP) is 3.87. The van der Waals surface area contributed by atoms with Gasteiger partial charge in [0.2, 0.25) is 0 Å². The Bertz CT molecular complexity index is 1490. The number of amides is 2. The second-order valence-corrected chi connectivity index (χ2v) is 11.9. The van der Waals surface area contributed by atoms with Gasteiger partial charge >= 0.3 is 0 Å². The molecule has 1 saturated carbocycles. The number of nitrogens with zero attached hydrogens (tertiary/aromatic N) is 5. The molecule has 2 atom stereocenters. The minimum absolute atomic E-state index is 0.0311. The molecule has 1 aromatic heterocycles. The maximum Gasteiger partial charge on any atom is 0.271 e. The zero-order valence-electron chi connectivity index (χ0n) is 24.7. The van der Waals surface area contributed by atoms with Crippen LogP contribution in [-0.2, 0) is 0 Å². The van der Waals surface area contributed by atoms with E-state index in [0.717, 1.165) is 39.0 Å². The lowest BCUT2D eigenvalue weighted by atomic mass is 9.97. The average molecular weight is 587 g/mol. The molecule has 2 aliphatic heterocycles. The van der Waals surface area contributed by atoms with E-state index in [1.165, 1.54) is 30.7 Å². The summed E-state index contributed by atoms with van der Waals surface area (Å²) in [5.74, 6) is 0.157. The first-order chi connectivity index (χ1) is 20.8. The van der Waals surface area contributed by atoms with E-state index >= 15 is 4.39 Å². The number of piperazine rings is 1. The molecule has 1 aliphatic carbocycles. The minimum Gasteiger partial charge on any atom is -0.367 e. The summed E-state index contributed by atoms with van der Waals surface area (Å²) < 4.78 is 15.2. The van der Waals surface area contributed by atoms with Crippen LogP contribution in [-0.4, -0.2) is 78.5 Å². The number of aromatic nitrogens is 2. The van der Waals surface area contributed by atoms with Crippen molar-refractivity contribution in [1.29, 1.82) is 0 Å². The summed E-state index contributed by atoms with van der Waals surface area (Å²) in [6, 6.07) is 12.6. The quantitative estimate of drug-likeness (QED) is 0.364. The Morgan fingerprint density at radius 1 is 1.00 bits per heavy atom. The Kier molecular flexibility index (Phi) is 8.16. The van der Waals surface area contributed by atoms with E-state index in [1.54, 1.807) is 12.1 Å². The summed E-state index contributed by atoms with van der Waals surface area (Å²) in [7, 11) is 2.06. The van der Waals surface area contributed by atoms with Crippen molar-refractivity contribution in [3.05, 3.63) is 71.3 Å². The summed E-state index contributed by atoms with van der Waals surface area (Å²) >= 11 is 0. The van der Waals surface area contributed by atoms with Crippen molar-refractivity contribution in [2.45, 2.75) is 50.6 Å². The molecule has 2 amide bonds. The van der Waals surface area contributed by atoms with Gasteiger partial charge in [0.15, 0.2) is 11.5 Å². The number of primary amides is 1. The monoisotopic (exact) mass is 586 g/mol. The van der Waals surface area contributed by atoms with E-state index in [2.05, 4.69) is 44.6 Å². The number of likely N-dealkylation sites (N-methyl/N-ethyl adjacent to an activating group) is 1. The maximum absolute atomic E-state index is 15.2. The van der Waals surface area contributed by atoms with Gasteiger partial charge in [0.25, 0.3) is 11.8 Å². The molecule has 0 unspecified atom stereocenters. The Morgan fingerprint density at radius 3 is 2.42 bits per heavy atom. The van der Waals surface area contributed by atoms with Gasteiger partial charge in [0.05, 0.1) is 11.9 Å². The number of piperidine rings is 1. The number of hydrogen-bond acceptors (Lipinski definition) is 8. The van der Waals surface area contributed by atoms with Gasteiger partial charge in [0, 0.05) is 56.1 Å². The van der Waals surface area contributed by atoms with Crippen LogP contribution in [0.5, 0.6) is 0 Å². The topological polar surface area (TPSA) is 120 Å². The number of carbonyl (C=O) groups excluding carboxylic acids is 2. The van der Waals surface area contributed by atoms with Gasteiger partial charge < -0.3 is 31.1 Å². The second kappa shape index (κ2) is 12.2. The van der Waals surface area contributed by atoms with Crippen LogP contribution in [0, 0.1) is 5.82 Å². The lowest BCUT2D eigenvalue weighted by Crippen LogP contribution is -2.54. The van der Waals surface area contributed by atoms with Gasteiger partial charge in [-0.1, -0.05) is 12.1 Å². The van der Waals surface area contributed by atoms with E-state index < -0.39 is 5.91 Å². The molecular weight excluding hydrogens is 547 g/mol. The largest absolute Gasteiger partial charge is 0.367 e. The molecule has 4 N–H and O–H groups in total. The number of anilines is 4. The maximum atomic E-state index is 15.2. The number of nitrogens with two attached hydrogens (primary N) is 1. The van der Waals surface area contributed by atoms with Crippen molar-refractivity contribution in [2.75, 3.05) is 54.9 Å². The molecule has 0 radical (unpaired) electrons. The molecule has 226 valence electrons. The van der Waals surface area contributed by atoms with Crippen LogP contribution in [0.15, 0.2) is 48.7 Å². The number of rotatable bonds is 8. The Balaban J connectivity index is 1.17. The fourth-order valence-corrected chi connectivity index (χ4v) is 6.05. The third-order valence-electron chi connectivity index (χ3n) is 8.87. The average Bonchev–Trinajstić information content (AvgIpc) is 3.85. The first kappa shape index (κ1) is 28.9. The summed E-state index contributed by atoms with van der Waals surface area (Å²) in [5, 5.41) is 6.28. The molecule has 3 aromatic rings. The lowest BCUT2D eigenvalue weighted by molar-refractivity contribution is 0.0923. The minimum atomic E-state index is -0.736. The Hall–Kier alpha value is -4.25. The Morgan fingerprint density at radius 2 is 1.74 bits per heavy atom. The smallest absolute Gasteiger partial charge is 0.271 e. The van der Waals surface area contributed by atoms with E-state index in [0.29, 0.717) is 35.2 Å². The third kappa shape index (κ3) is 6.41. The van der Waals surface area contributed by atoms with Crippen molar-refractivity contribution in [3.63, 3.8) is 0 Å². The molecule has 11 heteroatoms. The Labute approximate surface area is 251 Å². The SMILES string of the molecule is C[C@@H]1[C@H](NC(=O)c2ccc(C3CC3)cc2)CCCN1c1cnc(C(N)=O)c(Nc2ccc(N3CCN(C)CC3)c(F)c2)n1. The molecule has 2 aromatic carbocycles. The first-order valence-electron chi connectivity index (χ1n) is 15.1. The van der Waals surface area contributed by atoms with Crippen LogP contribution in [0.4, 0.5) is 27.4 Å². The summed E-state index contributed by atoms with van der Waals surface area (Å²) in [5.41, 5.74) is 8.52. The highest BCUT2D eigenvalue weighted by Gasteiger charge is 2.31. The number of carbonyl (C=O) groups is 2. The normalized spacial score (nSPS) is 21.0. The third-order valence-corrected chi connectivity index (χ3v) is 8.87. The molecule has 3 fully saturated rings. The van der Waals surface area contributed by atoms with E-state index in [4.69, 9.17) is 10.7 Å². The van der Waals surface area contributed by atoms with Crippen LogP contribution in [0.1, 0.15) is 64.9 Å². The molecule has 3 aliphatic rings. The molecule has 3 heterocycles. The van der Waals surface area contributed by atoms with Gasteiger partial charge in [-0.25, -0.2) is 14.4 Å². The predicted molar refractivity (Wildman–Crippen MR) is 166 cm³/mol. The molecule has 10 nitrogen and oxygen atoms in total. The molecule has 0 bridgehead atoms. The molecular formula is C32H39FN8O2. The number of halogens is 1. The van der Waals surface area contributed by atoms with Gasteiger partial charge in [-0.05, 0) is 81.5 Å². The van der Waals surface area contributed by atoms with Crippen LogP contribution in [0.2, 0.25) is 0 Å². The van der Waals surface area contributed by atoms with Crippen molar-refractivity contribution in [1.82, 2.24) is 20.2 Å². The highest BCUT2D eigenvalue weighted by Crippen LogP contribution is 2.40. The van der Waals surface area contributed by atoms with Crippen LogP contribution in [0.25, 0.3) is 0 Å². The van der Waals surface area contributed by atoms with E-state index in [9.17, 15) is 9.59 Å². The number of benzene rings is 2. The fraction of sp³-hybridized carbons (Fsp3) is 0.438. The molecule has 0 spiro atoms. The van der Waals surface area contributed by atoms with Gasteiger partial charge in [-0.2, -0.15) is 0 Å². The van der Waals surface area contributed by atoms with Crippen molar-refractivity contribution < 1.29 is 14.0 Å². The van der Waals surface area contributed by atoms with Gasteiger partial charge in [-0.15, -0.1) is 0 Å². The van der Waals surface area contributed by atoms with Crippen LogP contribution < -0.4 is 26.2 Å². The summed E-state index contributed by atoms with van der Waals surface area (Å²) in [6.07, 6.45) is 5.65. The van der Waals surface area contributed by atoms with Crippen molar-refractivity contribution in [3.8, 4) is 0 Å². The van der Waals surface area contributed by atoms with E-state index in [1.807, 2.05) is 24.0 Å².